The summed E-state index contributed by atoms with van der Waals surface area (Å²) in [7, 11) is 1.70. The van der Waals surface area contributed by atoms with Gasteiger partial charge in [0.2, 0.25) is 0 Å². The molecule has 1 aliphatic heterocycles. The number of aliphatic hydroxyl groups is 1. The standard InChI is InChI=1S/C33H32N6O4/c1-20-16-30(38(2)37-20)33(43)35-24-5-3-4-21(17-24)31(41)22-6-11-27-28(32(42)36-29(27)18-22)19-34-23-7-9-25(10-8-23)39-14-12-26(40)13-15-39/h3-11,16-19,26,36,40,42H,12-15H2,1-2H3,(H,35,43). The van der Waals surface area contributed by atoms with Gasteiger partial charge < -0.3 is 25.4 Å². The van der Waals surface area contributed by atoms with E-state index in [0.717, 1.165) is 48.4 Å². The van der Waals surface area contributed by atoms with Crippen LogP contribution in [0.15, 0.2) is 77.8 Å². The smallest absolute Gasteiger partial charge is 0.273 e. The molecule has 10 nitrogen and oxygen atoms in total. The van der Waals surface area contributed by atoms with Crippen molar-refractivity contribution >= 4 is 45.9 Å². The van der Waals surface area contributed by atoms with Crippen LogP contribution < -0.4 is 10.2 Å². The number of H-pyrrole nitrogens is 1. The number of nitrogens with zero attached hydrogens (tertiary/aromatic N) is 4. The normalized spacial score (nSPS) is 14.1. The summed E-state index contributed by atoms with van der Waals surface area (Å²) in [6.07, 6.45) is 2.93. The third-order valence-corrected chi connectivity index (χ3v) is 7.72. The number of amides is 1. The predicted molar refractivity (Wildman–Crippen MR) is 167 cm³/mol. The number of anilines is 2. The Labute approximate surface area is 248 Å². The topological polar surface area (TPSA) is 136 Å². The van der Waals surface area contributed by atoms with Gasteiger partial charge in [0.1, 0.15) is 5.69 Å². The van der Waals surface area contributed by atoms with Crippen molar-refractivity contribution in [3.05, 3.63) is 101 Å². The van der Waals surface area contributed by atoms with Crippen LogP contribution in [0.25, 0.3) is 10.9 Å². The van der Waals surface area contributed by atoms with E-state index < -0.39 is 0 Å². The number of aliphatic imine (C=N–C) groups is 1. The summed E-state index contributed by atoms with van der Waals surface area (Å²) in [4.78, 5) is 35.8. The number of hydrogen-bond donors (Lipinski definition) is 4. The molecule has 3 aromatic carbocycles. The highest BCUT2D eigenvalue weighted by molar-refractivity contribution is 6.13. The quantitative estimate of drug-likeness (QED) is 0.157. The van der Waals surface area contributed by atoms with Gasteiger partial charge in [-0.15, -0.1) is 0 Å². The molecule has 0 atom stereocenters. The minimum absolute atomic E-state index is 0.0399. The molecule has 4 N–H and O–H groups in total. The van der Waals surface area contributed by atoms with Crippen LogP contribution in [0, 0.1) is 6.92 Å². The summed E-state index contributed by atoms with van der Waals surface area (Å²) in [5.41, 5.74) is 5.46. The van der Waals surface area contributed by atoms with E-state index in [1.165, 1.54) is 4.68 Å². The zero-order valence-corrected chi connectivity index (χ0v) is 23.9. The molecular weight excluding hydrogens is 544 g/mol. The molecule has 0 spiro atoms. The Morgan fingerprint density at radius 1 is 1.02 bits per heavy atom. The number of rotatable bonds is 7. The maximum absolute atomic E-state index is 13.4. The number of aliphatic hydroxyl groups excluding tert-OH is 1. The van der Waals surface area contributed by atoms with E-state index in [2.05, 4.69) is 25.3 Å². The highest BCUT2D eigenvalue weighted by atomic mass is 16.3. The Hall–Kier alpha value is -5.22. The monoisotopic (exact) mass is 576 g/mol. The fourth-order valence-corrected chi connectivity index (χ4v) is 5.41. The number of aromatic nitrogens is 3. The highest BCUT2D eigenvalue weighted by Crippen LogP contribution is 2.29. The van der Waals surface area contributed by atoms with Gasteiger partial charge in [0.05, 0.1) is 23.0 Å². The lowest BCUT2D eigenvalue weighted by Gasteiger charge is -2.31. The van der Waals surface area contributed by atoms with Crippen molar-refractivity contribution < 1.29 is 19.8 Å². The van der Waals surface area contributed by atoms with Crippen LogP contribution >= 0.6 is 0 Å². The Morgan fingerprint density at radius 2 is 1.77 bits per heavy atom. The molecule has 1 saturated heterocycles. The number of piperidine rings is 1. The molecule has 10 heteroatoms. The summed E-state index contributed by atoms with van der Waals surface area (Å²) in [5.74, 6) is -0.576. The fraction of sp³-hybridized carbons (Fsp3) is 0.212. The molecule has 1 fully saturated rings. The molecule has 1 aliphatic rings. The Morgan fingerprint density at radius 3 is 2.49 bits per heavy atom. The number of carbonyl (C=O) groups is 2. The summed E-state index contributed by atoms with van der Waals surface area (Å²) >= 11 is 0. The van der Waals surface area contributed by atoms with Crippen molar-refractivity contribution in [1.29, 1.82) is 0 Å². The predicted octanol–water partition coefficient (Wildman–Crippen LogP) is 5.11. The summed E-state index contributed by atoms with van der Waals surface area (Å²) < 4.78 is 1.51. The van der Waals surface area contributed by atoms with Gasteiger partial charge >= 0.3 is 0 Å². The minimum Gasteiger partial charge on any atom is -0.494 e. The van der Waals surface area contributed by atoms with Gasteiger partial charge in [0.15, 0.2) is 11.7 Å². The van der Waals surface area contributed by atoms with Crippen molar-refractivity contribution in [3.8, 4) is 5.88 Å². The van der Waals surface area contributed by atoms with E-state index in [0.29, 0.717) is 33.6 Å². The first kappa shape index (κ1) is 27.9. The lowest BCUT2D eigenvalue weighted by molar-refractivity contribution is 0.101. The second-order valence-electron chi connectivity index (χ2n) is 10.8. The second-order valence-corrected chi connectivity index (χ2v) is 10.8. The zero-order valence-electron chi connectivity index (χ0n) is 23.9. The summed E-state index contributed by atoms with van der Waals surface area (Å²) in [5, 5.41) is 28.1. The Bertz CT molecular complexity index is 1850. The van der Waals surface area contributed by atoms with Crippen LogP contribution in [0.3, 0.4) is 0 Å². The number of aryl methyl sites for hydroxylation is 2. The lowest BCUT2D eigenvalue weighted by Crippen LogP contribution is -2.35. The summed E-state index contributed by atoms with van der Waals surface area (Å²) in [6.45, 7) is 3.46. The first-order valence-electron chi connectivity index (χ1n) is 14.1. The van der Waals surface area contributed by atoms with Crippen molar-refractivity contribution in [3.63, 3.8) is 0 Å². The average molecular weight is 577 g/mol. The fourth-order valence-electron chi connectivity index (χ4n) is 5.41. The van der Waals surface area contributed by atoms with Crippen LogP contribution in [-0.4, -0.2) is 62.1 Å². The number of aromatic hydroxyl groups is 1. The maximum atomic E-state index is 13.4. The van der Waals surface area contributed by atoms with Crippen molar-refractivity contribution in [2.45, 2.75) is 25.9 Å². The van der Waals surface area contributed by atoms with Crippen LogP contribution in [0.4, 0.5) is 17.1 Å². The van der Waals surface area contributed by atoms with Crippen LogP contribution in [-0.2, 0) is 7.05 Å². The number of benzene rings is 3. The van der Waals surface area contributed by atoms with Crippen LogP contribution in [0.2, 0.25) is 0 Å². The van der Waals surface area contributed by atoms with Crippen molar-refractivity contribution in [2.75, 3.05) is 23.3 Å². The third-order valence-electron chi connectivity index (χ3n) is 7.72. The van der Waals surface area contributed by atoms with E-state index in [1.54, 1.807) is 61.8 Å². The molecule has 0 aliphatic carbocycles. The Kier molecular flexibility index (Phi) is 7.52. The molecule has 2 aromatic heterocycles. The number of nitrogens with one attached hydrogen (secondary N) is 2. The van der Waals surface area contributed by atoms with Crippen LogP contribution in [0.5, 0.6) is 5.88 Å². The van der Waals surface area contributed by atoms with Gasteiger partial charge in [-0.2, -0.15) is 5.10 Å². The number of hydrogen-bond acceptors (Lipinski definition) is 7. The van der Waals surface area contributed by atoms with E-state index >= 15 is 0 Å². The third kappa shape index (κ3) is 5.91. The van der Waals surface area contributed by atoms with Crippen molar-refractivity contribution in [2.24, 2.45) is 12.0 Å². The average Bonchev–Trinajstić information content (AvgIpc) is 3.52. The molecule has 43 heavy (non-hydrogen) atoms. The number of carbonyl (C=O) groups excluding carboxylic acids is 2. The van der Waals surface area contributed by atoms with Gasteiger partial charge in [-0.05, 0) is 68.3 Å². The lowest BCUT2D eigenvalue weighted by atomic mass is 10.0. The zero-order chi connectivity index (χ0) is 30.1. The van der Waals surface area contributed by atoms with Gasteiger partial charge in [0, 0.05) is 59.8 Å². The molecule has 3 heterocycles. The van der Waals surface area contributed by atoms with Gasteiger partial charge in [-0.3, -0.25) is 19.3 Å². The minimum atomic E-state index is -0.316. The maximum Gasteiger partial charge on any atom is 0.273 e. The van der Waals surface area contributed by atoms with E-state index in [-0.39, 0.29) is 23.7 Å². The molecule has 0 unspecified atom stereocenters. The molecule has 0 saturated carbocycles. The molecule has 1 amide bonds. The Balaban J connectivity index is 1.17. The number of ketones is 1. The van der Waals surface area contributed by atoms with E-state index in [4.69, 9.17) is 0 Å². The van der Waals surface area contributed by atoms with E-state index in [1.807, 2.05) is 31.2 Å². The van der Waals surface area contributed by atoms with Gasteiger partial charge in [-0.25, -0.2) is 0 Å². The molecule has 6 rings (SSSR count). The molecule has 5 aromatic rings. The van der Waals surface area contributed by atoms with Gasteiger partial charge in [0.25, 0.3) is 5.91 Å². The van der Waals surface area contributed by atoms with Gasteiger partial charge in [-0.1, -0.05) is 24.3 Å². The number of fused-ring (bicyclic) bond motifs is 1. The largest absolute Gasteiger partial charge is 0.494 e. The number of aromatic amines is 1. The first-order valence-corrected chi connectivity index (χ1v) is 14.1. The highest BCUT2D eigenvalue weighted by Gasteiger charge is 2.18. The van der Waals surface area contributed by atoms with Crippen LogP contribution in [0.1, 0.15) is 50.5 Å². The molecule has 0 bridgehead atoms. The first-order chi connectivity index (χ1) is 20.7. The molecular formula is C33H32N6O4. The molecule has 0 radical (unpaired) electrons. The van der Waals surface area contributed by atoms with E-state index in [9.17, 15) is 19.8 Å². The summed E-state index contributed by atoms with van der Waals surface area (Å²) in [6, 6.07) is 21.5. The molecule has 218 valence electrons. The SMILES string of the molecule is Cc1cc(C(=O)Nc2cccc(C(=O)c3ccc4c(C=Nc5ccc(N6CCC(O)CC6)cc5)c(O)[nH]c4c3)c2)n(C)n1. The van der Waals surface area contributed by atoms with Crippen molar-refractivity contribution in [1.82, 2.24) is 14.8 Å². The second kappa shape index (κ2) is 11.6.